The maximum Gasteiger partial charge on any atom is 0.573 e. The molecule has 1 heterocycles. The van der Waals surface area contributed by atoms with E-state index in [2.05, 4.69) is 25.3 Å². The van der Waals surface area contributed by atoms with Crippen molar-refractivity contribution < 1.29 is 23.0 Å². The first kappa shape index (κ1) is 24.3. The van der Waals surface area contributed by atoms with Gasteiger partial charge >= 0.3 is 6.36 Å². The van der Waals surface area contributed by atoms with Gasteiger partial charge in [-0.15, -0.1) is 13.2 Å². The second-order valence-electron chi connectivity index (χ2n) is 8.05. The molecule has 6 nitrogen and oxygen atoms in total. The first-order chi connectivity index (χ1) is 15.6. The summed E-state index contributed by atoms with van der Waals surface area (Å²) < 4.78 is 42.0. The molecule has 33 heavy (non-hydrogen) atoms. The monoisotopic (exact) mass is 460 g/mol. The van der Waals surface area contributed by atoms with E-state index in [1.54, 1.807) is 12.1 Å². The molecule has 0 radical (unpaired) electrons. The second kappa shape index (κ2) is 10.5. The molecule has 176 valence electrons. The van der Waals surface area contributed by atoms with Crippen LogP contribution in [0.1, 0.15) is 25.0 Å². The van der Waals surface area contributed by atoms with Crippen molar-refractivity contribution in [2.75, 3.05) is 17.2 Å². The fraction of sp³-hybridized carbons (Fsp3) is 0.333. The predicted octanol–water partition coefficient (Wildman–Crippen LogP) is 5.39. The molecule has 0 amide bonds. The fourth-order valence-electron chi connectivity index (χ4n) is 3.09. The minimum atomic E-state index is -4.79. The van der Waals surface area contributed by atoms with Gasteiger partial charge in [0.05, 0.1) is 18.3 Å². The first-order valence-electron chi connectivity index (χ1n) is 10.5. The van der Waals surface area contributed by atoms with Gasteiger partial charge in [-0.2, -0.15) is 4.98 Å². The number of rotatable bonds is 9. The molecular formula is C24H27F3N4O2. The van der Waals surface area contributed by atoms with Crippen LogP contribution in [0.2, 0.25) is 0 Å². The number of halogens is 3. The number of ether oxygens (including phenoxy) is 1. The van der Waals surface area contributed by atoms with Crippen molar-refractivity contribution in [1.29, 1.82) is 0 Å². The number of aliphatic hydroxyl groups excluding tert-OH is 1. The van der Waals surface area contributed by atoms with Gasteiger partial charge in [0.1, 0.15) is 11.6 Å². The lowest BCUT2D eigenvalue weighted by molar-refractivity contribution is -0.274. The molecule has 3 N–H and O–H groups in total. The lowest BCUT2D eigenvalue weighted by Crippen LogP contribution is -2.30. The predicted molar refractivity (Wildman–Crippen MR) is 122 cm³/mol. The summed E-state index contributed by atoms with van der Waals surface area (Å²) in [7, 11) is 0. The van der Waals surface area contributed by atoms with Crippen molar-refractivity contribution in [3.05, 3.63) is 65.7 Å². The number of alkyl halides is 3. The van der Waals surface area contributed by atoms with Crippen molar-refractivity contribution in [2.45, 2.75) is 39.7 Å². The third-order valence-corrected chi connectivity index (χ3v) is 5.00. The SMILES string of the molecule is Cc1ccc(CNc2cc(-c3cccc(OC(F)(F)F)c3)nc(N[C@H](CO)C(C)C)n2)cc1. The van der Waals surface area contributed by atoms with E-state index in [4.69, 9.17) is 0 Å². The van der Waals surface area contributed by atoms with Crippen LogP contribution in [-0.4, -0.2) is 34.1 Å². The smallest absolute Gasteiger partial charge is 0.406 e. The number of hydrogen-bond donors (Lipinski definition) is 3. The highest BCUT2D eigenvalue weighted by Crippen LogP contribution is 2.29. The maximum absolute atomic E-state index is 12.7. The van der Waals surface area contributed by atoms with Crippen LogP contribution >= 0.6 is 0 Å². The van der Waals surface area contributed by atoms with E-state index in [1.807, 2.05) is 45.0 Å². The van der Waals surface area contributed by atoms with Crippen LogP contribution in [0.15, 0.2) is 54.6 Å². The summed E-state index contributed by atoms with van der Waals surface area (Å²) in [6, 6.07) is 15.0. The first-order valence-corrected chi connectivity index (χ1v) is 10.5. The minimum Gasteiger partial charge on any atom is -0.406 e. The Balaban J connectivity index is 1.92. The zero-order valence-electron chi connectivity index (χ0n) is 18.6. The highest BCUT2D eigenvalue weighted by molar-refractivity contribution is 5.66. The lowest BCUT2D eigenvalue weighted by Gasteiger charge is -2.21. The molecular weight excluding hydrogens is 433 g/mol. The molecule has 0 bridgehead atoms. The summed E-state index contributed by atoms with van der Waals surface area (Å²) in [5, 5.41) is 16.0. The zero-order valence-corrected chi connectivity index (χ0v) is 18.6. The Labute approximate surface area is 190 Å². The third kappa shape index (κ3) is 7.35. The van der Waals surface area contributed by atoms with Crippen molar-refractivity contribution in [3.63, 3.8) is 0 Å². The van der Waals surface area contributed by atoms with Crippen LogP contribution in [-0.2, 0) is 6.54 Å². The zero-order chi connectivity index (χ0) is 24.0. The number of aryl methyl sites for hydroxylation is 1. The van der Waals surface area contributed by atoms with E-state index < -0.39 is 6.36 Å². The number of aromatic nitrogens is 2. The van der Waals surface area contributed by atoms with Crippen molar-refractivity contribution in [3.8, 4) is 17.0 Å². The molecule has 9 heteroatoms. The molecule has 0 fully saturated rings. The van der Waals surface area contributed by atoms with Crippen LogP contribution in [0.3, 0.4) is 0 Å². The molecule has 1 aromatic heterocycles. The molecule has 3 aromatic rings. The number of nitrogens with zero attached hydrogens (tertiary/aromatic N) is 2. The van der Waals surface area contributed by atoms with Crippen LogP contribution in [0.25, 0.3) is 11.3 Å². The highest BCUT2D eigenvalue weighted by Gasteiger charge is 2.31. The van der Waals surface area contributed by atoms with Gasteiger partial charge in [-0.05, 0) is 30.5 Å². The number of aliphatic hydroxyl groups is 1. The van der Waals surface area contributed by atoms with E-state index in [-0.39, 0.29) is 30.3 Å². The minimum absolute atomic E-state index is 0.106. The average molecular weight is 461 g/mol. The van der Waals surface area contributed by atoms with Crippen molar-refractivity contribution in [2.24, 2.45) is 5.92 Å². The molecule has 0 unspecified atom stereocenters. The largest absolute Gasteiger partial charge is 0.573 e. The Morgan fingerprint density at radius 2 is 1.76 bits per heavy atom. The Kier molecular flexibility index (Phi) is 7.75. The van der Waals surface area contributed by atoms with E-state index >= 15 is 0 Å². The standard InChI is InChI=1S/C24H27F3N4O2/c1-15(2)21(14-32)30-23-29-20(18-5-4-6-19(11-18)33-24(25,26)27)12-22(31-23)28-13-17-9-7-16(3)8-10-17/h4-12,15,21,32H,13-14H2,1-3H3,(H2,28,29,30,31)/t21-/m1/s1. The van der Waals surface area contributed by atoms with Crippen LogP contribution < -0.4 is 15.4 Å². The van der Waals surface area contributed by atoms with Crippen molar-refractivity contribution >= 4 is 11.8 Å². The van der Waals surface area contributed by atoms with Gasteiger partial charge in [-0.1, -0.05) is 55.8 Å². The van der Waals surface area contributed by atoms with Gasteiger partial charge in [-0.25, -0.2) is 4.98 Å². The van der Waals surface area contributed by atoms with Gasteiger partial charge in [0, 0.05) is 18.2 Å². The molecule has 0 aliphatic rings. The topological polar surface area (TPSA) is 79.3 Å². The van der Waals surface area contributed by atoms with Gasteiger partial charge in [0.2, 0.25) is 5.95 Å². The van der Waals surface area contributed by atoms with Gasteiger partial charge < -0.3 is 20.5 Å². The van der Waals surface area contributed by atoms with E-state index in [1.165, 1.54) is 18.2 Å². The van der Waals surface area contributed by atoms with Gasteiger partial charge in [0.15, 0.2) is 0 Å². The summed E-state index contributed by atoms with van der Waals surface area (Å²) in [6.45, 7) is 6.29. The Morgan fingerprint density at radius 1 is 1.03 bits per heavy atom. The highest BCUT2D eigenvalue weighted by atomic mass is 19.4. The molecule has 1 atom stereocenters. The molecule has 0 saturated carbocycles. The lowest BCUT2D eigenvalue weighted by atomic mass is 10.1. The Bertz CT molecular complexity index is 1060. The summed E-state index contributed by atoms with van der Waals surface area (Å²) in [6.07, 6.45) is -4.79. The van der Waals surface area contributed by atoms with E-state index in [0.717, 1.165) is 11.1 Å². The summed E-state index contributed by atoms with van der Waals surface area (Å²) >= 11 is 0. The molecule has 0 aliphatic heterocycles. The average Bonchev–Trinajstić information content (AvgIpc) is 2.76. The fourth-order valence-corrected chi connectivity index (χ4v) is 3.09. The van der Waals surface area contributed by atoms with E-state index in [9.17, 15) is 18.3 Å². The number of anilines is 2. The Hall–Kier alpha value is -3.33. The van der Waals surface area contributed by atoms with Crippen LogP contribution in [0, 0.1) is 12.8 Å². The normalized spacial score (nSPS) is 12.5. The van der Waals surface area contributed by atoms with Gasteiger partial charge in [-0.3, -0.25) is 0 Å². The molecule has 2 aromatic carbocycles. The molecule has 3 rings (SSSR count). The maximum atomic E-state index is 12.7. The van der Waals surface area contributed by atoms with Gasteiger partial charge in [0.25, 0.3) is 0 Å². The van der Waals surface area contributed by atoms with Crippen LogP contribution in [0.4, 0.5) is 24.9 Å². The number of benzene rings is 2. The summed E-state index contributed by atoms with van der Waals surface area (Å²) in [5.74, 6) is 0.520. The number of nitrogens with one attached hydrogen (secondary N) is 2. The molecule has 0 saturated heterocycles. The van der Waals surface area contributed by atoms with Crippen LogP contribution in [0.5, 0.6) is 5.75 Å². The summed E-state index contributed by atoms with van der Waals surface area (Å²) in [4.78, 5) is 8.96. The second-order valence-corrected chi connectivity index (χ2v) is 8.05. The molecule has 0 aliphatic carbocycles. The quantitative estimate of drug-likeness (QED) is 0.397. The number of hydrogen-bond acceptors (Lipinski definition) is 6. The van der Waals surface area contributed by atoms with Crippen molar-refractivity contribution in [1.82, 2.24) is 9.97 Å². The van der Waals surface area contributed by atoms with E-state index in [0.29, 0.717) is 23.6 Å². The molecule has 0 spiro atoms. The Morgan fingerprint density at radius 3 is 2.39 bits per heavy atom. The third-order valence-electron chi connectivity index (χ3n) is 5.00. The summed E-state index contributed by atoms with van der Waals surface area (Å²) in [5.41, 5.74) is 3.04.